The highest BCUT2D eigenvalue weighted by Crippen LogP contribution is 2.37. The molecule has 13 heteroatoms. The maximum atomic E-state index is 13.1. The molecule has 3 rings (SSSR count). The van der Waals surface area contributed by atoms with Gasteiger partial charge in [0.05, 0.1) is 28.7 Å². The van der Waals surface area contributed by atoms with Gasteiger partial charge in [-0.1, -0.05) is 11.6 Å². The number of anilines is 1. The van der Waals surface area contributed by atoms with Gasteiger partial charge in [-0.25, -0.2) is 13.8 Å². The molecule has 31 heavy (non-hydrogen) atoms. The van der Waals surface area contributed by atoms with E-state index in [0.29, 0.717) is 27.4 Å². The van der Waals surface area contributed by atoms with Crippen molar-refractivity contribution in [3.05, 3.63) is 52.5 Å². The quantitative estimate of drug-likeness (QED) is 0.509. The van der Waals surface area contributed by atoms with E-state index in [1.54, 1.807) is 18.2 Å². The predicted octanol–water partition coefficient (Wildman–Crippen LogP) is 3.00. The Morgan fingerprint density at radius 3 is 2.61 bits per heavy atom. The third-order valence-electron chi connectivity index (χ3n) is 4.03. The molecule has 2 aromatic rings. The van der Waals surface area contributed by atoms with Gasteiger partial charge in [0.1, 0.15) is 6.54 Å². The average Bonchev–Trinajstić information content (AvgIpc) is 3.13. The Balaban J connectivity index is 1.74. The number of alkyl halides is 3. The lowest BCUT2D eigenvalue weighted by atomic mass is 10.2. The minimum atomic E-state index is -4.80. The van der Waals surface area contributed by atoms with Gasteiger partial charge in [-0.05, 0) is 42.0 Å². The molecule has 0 spiro atoms. The smallest absolute Gasteiger partial charge is 0.417 e. The highest BCUT2D eigenvalue weighted by Gasteiger charge is 2.34. The number of sulfonamides is 1. The molecular weight excluding hydrogens is 463 g/mol. The molecule has 0 atom stereocenters. The van der Waals surface area contributed by atoms with Crippen molar-refractivity contribution in [2.24, 2.45) is 5.10 Å². The number of halogens is 4. The van der Waals surface area contributed by atoms with E-state index in [2.05, 4.69) is 10.5 Å². The van der Waals surface area contributed by atoms with Crippen molar-refractivity contribution in [1.29, 1.82) is 0 Å². The summed E-state index contributed by atoms with van der Waals surface area (Å²) in [6.45, 7) is -0.703. The molecule has 0 bridgehead atoms. The zero-order chi connectivity index (χ0) is 22.8. The van der Waals surface area contributed by atoms with Crippen LogP contribution in [0.4, 0.5) is 18.9 Å². The lowest BCUT2D eigenvalue weighted by molar-refractivity contribution is -0.137. The van der Waals surface area contributed by atoms with Crippen LogP contribution >= 0.6 is 11.6 Å². The minimum absolute atomic E-state index is 0.0920. The van der Waals surface area contributed by atoms with Crippen molar-refractivity contribution in [2.45, 2.75) is 6.18 Å². The molecule has 0 aliphatic carbocycles. The van der Waals surface area contributed by atoms with Crippen LogP contribution in [0.25, 0.3) is 0 Å². The Morgan fingerprint density at radius 1 is 1.23 bits per heavy atom. The maximum absolute atomic E-state index is 13.1. The van der Waals surface area contributed by atoms with Crippen molar-refractivity contribution in [1.82, 2.24) is 5.43 Å². The summed E-state index contributed by atoms with van der Waals surface area (Å²) in [7, 11) is -4.09. The number of nitrogens with zero attached hydrogens (tertiary/aromatic N) is 2. The van der Waals surface area contributed by atoms with Crippen molar-refractivity contribution in [3.63, 3.8) is 0 Å². The first kappa shape index (κ1) is 22.7. The normalized spacial score (nSPS) is 13.5. The molecule has 1 heterocycles. The summed E-state index contributed by atoms with van der Waals surface area (Å²) < 4.78 is 74.4. The van der Waals surface area contributed by atoms with Crippen LogP contribution in [0.5, 0.6) is 11.5 Å². The molecule has 0 radical (unpaired) electrons. The molecular formula is C18H15ClF3N3O5S. The van der Waals surface area contributed by atoms with E-state index in [9.17, 15) is 26.4 Å². The zero-order valence-electron chi connectivity index (χ0n) is 15.8. The fraction of sp³-hybridized carbons (Fsp3) is 0.222. The van der Waals surface area contributed by atoms with E-state index in [0.717, 1.165) is 18.4 Å². The van der Waals surface area contributed by atoms with Crippen molar-refractivity contribution >= 4 is 39.4 Å². The Kier molecular flexibility index (Phi) is 6.32. The fourth-order valence-corrected chi connectivity index (χ4v) is 3.70. The number of ether oxygens (including phenoxy) is 2. The third-order valence-corrected chi connectivity index (χ3v) is 5.50. The lowest BCUT2D eigenvalue weighted by Crippen LogP contribution is -2.39. The lowest BCUT2D eigenvalue weighted by Gasteiger charge is -2.22. The zero-order valence-corrected chi connectivity index (χ0v) is 17.4. The molecule has 1 aliphatic heterocycles. The summed E-state index contributed by atoms with van der Waals surface area (Å²) in [5.41, 5.74) is 1.11. The van der Waals surface area contributed by atoms with Crippen LogP contribution in [0.3, 0.4) is 0 Å². The van der Waals surface area contributed by atoms with Gasteiger partial charge < -0.3 is 9.47 Å². The Bertz CT molecular complexity index is 1140. The summed E-state index contributed by atoms with van der Waals surface area (Å²) in [5.74, 6) is 0.193. The SMILES string of the molecule is CS(=O)(=O)N(CC(=O)N/N=C\c1ccc2c(c1)OCO2)c1ccc(Cl)c(C(F)(F)F)c1. The van der Waals surface area contributed by atoms with Gasteiger partial charge in [0.15, 0.2) is 11.5 Å². The topological polar surface area (TPSA) is 97.3 Å². The first-order chi connectivity index (χ1) is 14.4. The van der Waals surface area contributed by atoms with Gasteiger partial charge in [-0.2, -0.15) is 18.3 Å². The van der Waals surface area contributed by atoms with Crippen LogP contribution in [0.15, 0.2) is 41.5 Å². The summed E-state index contributed by atoms with van der Waals surface area (Å²) >= 11 is 5.56. The largest absolute Gasteiger partial charge is 0.454 e. The number of rotatable bonds is 6. The van der Waals surface area contributed by atoms with Crippen molar-refractivity contribution in [2.75, 3.05) is 23.9 Å². The number of carbonyl (C=O) groups is 1. The van der Waals surface area contributed by atoms with Gasteiger partial charge >= 0.3 is 6.18 Å². The van der Waals surface area contributed by atoms with Crippen LogP contribution in [-0.4, -0.2) is 40.1 Å². The monoisotopic (exact) mass is 477 g/mol. The van der Waals surface area contributed by atoms with Crippen LogP contribution in [0.1, 0.15) is 11.1 Å². The van der Waals surface area contributed by atoms with E-state index in [1.165, 1.54) is 6.21 Å². The first-order valence-corrected chi connectivity index (χ1v) is 10.7. The second-order valence-electron chi connectivity index (χ2n) is 6.34. The van der Waals surface area contributed by atoms with Crippen LogP contribution in [0, 0.1) is 0 Å². The van der Waals surface area contributed by atoms with Crippen molar-refractivity contribution < 1.29 is 35.9 Å². The Hall–Kier alpha value is -2.99. The maximum Gasteiger partial charge on any atom is 0.417 e. The number of hydrogen-bond donors (Lipinski definition) is 1. The molecule has 1 amide bonds. The van der Waals surface area contributed by atoms with E-state index < -0.39 is 39.2 Å². The molecule has 166 valence electrons. The van der Waals surface area contributed by atoms with Gasteiger partial charge in [0.25, 0.3) is 5.91 Å². The number of carbonyl (C=O) groups excluding carboxylic acids is 1. The highest BCUT2D eigenvalue weighted by molar-refractivity contribution is 7.92. The molecule has 0 fully saturated rings. The van der Waals surface area contributed by atoms with Gasteiger partial charge in [-0.3, -0.25) is 9.10 Å². The standard InChI is InChI=1S/C18H15ClF3N3O5S/c1-31(27,28)25(12-3-4-14(19)13(7-12)18(20,21)22)9-17(26)24-23-8-11-2-5-15-16(6-11)30-10-29-15/h2-8H,9-10H2,1H3,(H,24,26)/b23-8-. The predicted molar refractivity (Wildman–Crippen MR) is 107 cm³/mol. The molecule has 0 saturated carbocycles. The van der Waals surface area contributed by atoms with Crippen LogP contribution < -0.4 is 19.2 Å². The number of hydrogen-bond acceptors (Lipinski definition) is 6. The number of hydrazone groups is 1. The second-order valence-corrected chi connectivity index (χ2v) is 8.65. The first-order valence-electron chi connectivity index (χ1n) is 8.51. The van der Waals surface area contributed by atoms with Crippen molar-refractivity contribution in [3.8, 4) is 11.5 Å². The molecule has 0 unspecified atom stereocenters. The van der Waals surface area contributed by atoms with E-state index in [1.807, 2.05) is 0 Å². The number of fused-ring (bicyclic) bond motifs is 1. The average molecular weight is 478 g/mol. The van der Waals surface area contributed by atoms with Crippen LogP contribution in [-0.2, 0) is 21.0 Å². The minimum Gasteiger partial charge on any atom is -0.454 e. The van der Waals surface area contributed by atoms with Gasteiger partial charge in [-0.15, -0.1) is 0 Å². The third kappa shape index (κ3) is 5.58. The molecule has 0 aromatic heterocycles. The van der Waals surface area contributed by atoms with Crippen LogP contribution in [0.2, 0.25) is 5.02 Å². The summed E-state index contributed by atoms with van der Waals surface area (Å²) in [5, 5.41) is 3.13. The summed E-state index contributed by atoms with van der Waals surface area (Å²) in [4.78, 5) is 12.2. The Labute approximate surface area is 180 Å². The molecule has 1 N–H and O–H groups in total. The number of nitrogens with one attached hydrogen (secondary N) is 1. The fourth-order valence-electron chi connectivity index (χ4n) is 2.62. The summed E-state index contributed by atoms with van der Waals surface area (Å²) in [6, 6.07) is 7.46. The van der Waals surface area contributed by atoms with E-state index in [4.69, 9.17) is 21.1 Å². The molecule has 1 aliphatic rings. The molecule has 8 nitrogen and oxygen atoms in total. The highest BCUT2D eigenvalue weighted by atomic mass is 35.5. The molecule has 2 aromatic carbocycles. The number of benzene rings is 2. The molecule has 0 saturated heterocycles. The number of amides is 1. The summed E-state index contributed by atoms with van der Waals surface area (Å²) in [6.07, 6.45) is -2.75. The van der Waals surface area contributed by atoms with Gasteiger partial charge in [0.2, 0.25) is 16.8 Å². The van der Waals surface area contributed by atoms with E-state index >= 15 is 0 Å². The Morgan fingerprint density at radius 2 is 1.94 bits per heavy atom. The second kappa shape index (κ2) is 8.63. The van der Waals surface area contributed by atoms with E-state index in [-0.39, 0.29) is 12.5 Å². The van der Waals surface area contributed by atoms with Gasteiger partial charge in [0, 0.05) is 0 Å².